The van der Waals surface area contributed by atoms with E-state index in [1.807, 2.05) is 6.07 Å². The van der Waals surface area contributed by atoms with Gasteiger partial charge in [-0.15, -0.1) is 0 Å². The van der Waals surface area contributed by atoms with E-state index < -0.39 is 28.9 Å². The SMILES string of the molecule is COc1cccc(CN(C)C(=O)COc2cc(F)ccc2[N+](=O)[O-])c1. The van der Waals surface area contributed by atoms with Crippen molar-refractivity contribution in [3.8, 4) is 11.5 Å². The third-order valence-electron chi connectivity index (χ3n) is 3.45. The fourth-order valence-electron chi connectivity index (χ4n) is 2.14. The number of ether oxygens (including phenoxy) is 2. The average Bonchev–Trinajstić information content (AvgIpc) is 2.59. The van der Waals surface area contributed by atoms with E-state index in [9.17, 15) is 19.3 Å². The van der Waals surface area contributed by atoms with Gasteiger partial charge in [0.1, 0.15) is 11.6 Å². The van der Waals surface area contributed by atoms with Gasteiger partial charge in [-0.25, -0.2) is 4.39 Å². The Morgan fingerprint density at radius 2 is 2.04 bits per heavy atom. The lowest BCUT2D eigenvalue weighted by Crippen LogP contribution is -2.31. The van der Waals surface area contributed by atoms with Gasteiger partial charge in [0.15, 0.2) is 6.61 Å². The first-order valence-electron chi connectivity index (χ1n) is 7.34. The Hall–Kier alpha value is -3.16. The second kappa shape index (κ2) is 8.09. The van der Waals surface area contributed by atoms with Crippen molar-refractivity contribution in [2.75, 3.05) is 20.8 Å². The minimum absolute atomic E-state index is 0.284. The third-order valence-corrected chi connectivity index (χ3v) is 3.45. The molecule has 132 valence electrons. The predicted molar refractivity (Wildman–Crippen MR) is 88.0 cm³/mol. The maximum atomic E-state index is 13.2. The van der Waals surface area contributed by atoms with E-state index >= 15 is 0 Å². The zero-order valence-corrected chi connectivity index (χ0v) is 13.8. The van der Waals surface area contributed by atoms with E-state index in [-0.39, 0.29) is 5.75 Å². The summed E-state index contributed by atoms with van der Waals surface area (Å²) in [5.41, 5.74) is 0.455. The summed E-state index contributed by atoms with van der Waals surface area (Å²) in [6.45, 7) is -0.130. The molecular formula is C17H17FN2O5. The molecule has 0 bridgehead atoms. The molecule has 7 nitrogen and oxygen atoms in total. The van der Waals surface area contributed by atoms with E-state index in [1.165, 1.54) is 4.90 Å². The first kappa shape index (κ1) is 18.2. The van der Waals surface area contributed by atoms with Crippen LogP contribution in [-0.2, 0) is 11.3 Å². The van der Waals surface area contributed by atoms with Crippen molar-refractivity contribution in [2.45, 2.75) is 6.54 Å². The van der Waals surface area contributed by atoms with Crippen molar-refractivity contribution >= 4 is 11.6 Å². The van der Waals surface area contributed by atoms with Crippen LogP contribution in [-0.4, -0.2) is 36.5 Å². The Morgan fingerprint density at radius 3 is 2.72 bits per heavy atom. The highest BCUT2D eigenvalue weighted by Crippen LogP contribution is 2.27. The molecule has 0 saturated carbocycles. The lowest BCUT2D eigenvalue weighted by Gasteiger charge is -2.18. The molecule has 0 N–H and O–H groups in total. The molecule has 0 radical (unpaired) electrons. The number of nitrogens with zero attached hydrogens (tertiary/aromatic N) is 2. The molecule has 0 unspecified atom stereocenters. The molecule has 2 aromatic rings. The Morgan fingerprint density at radius 1 is 1.28 bits per heavy atom. The number of carbonyl (C=O) groups is 1. The van der Waals surface area contributed by atoms with Gasteiger partial charge < -0.3 is 14.4 Å². The van der Waals surface area contributed by atoms with Gasteiger partial charge in [-0.2, -0.15) is 0 Å². The van der Waals surface area contributed by atoms with Crippen molar-refractivity contribution in [3.05, 3.63) is 64.0 Å². The highest BCUT2D eigenvalue weighted by atomic mass is 19.1. The monoisotopic (exact) mass is 348 g/mol. The highest BCUT2D eigenvalue weighted by molar-refractivity contribution is 5.77. The summed E-state index contributed by atoms with van der Waals surface area (Å²) in [5, 5.41) is 10.9. The number of likely N-dealkylation sites (N-methyl/N-ethyl adjacent to an activating group) is 1. The van der Waals surface area contributed by atoms with E-state index in [4.69, 9.17) is 9.47 Å². The molecule has 0 spiro atoms. The van der Waals surface area contributed by atoms with Gasteiger partial charge in [0.2, 0.25) is 5.75 Å². The van der Waals surface area contributed by atoms with Crippen LogP contribution < -0.4 is 9.47 Å². The lowest BCUT2D eigenvalue weighted by molar-refractivity contribution is -0.385. The van der Waals surface area contributed by atoms with Crippen LogP contribution in [0.4, 0.5) is 10.1 Å². The molecule has 0 aliphatic rings. The number of methoxy groups -OCH3 is 1. The molecular weight excluding hydrogens is 331 g/mol. The zero-order chi connectivity index (χ0) is 18.4. The van der Waals surface area contributed by atoms with Gasteiger partial charge in [0.25, 0.3) is 5.91 Å². The lowest BCUT2D eigenvalue weighted by atomic mass is 10.2. The number of nitro benzene ring substituents is 1. The van der Waals surface area contributed by atoms with Crippen LogP contribution in [0.5, 0.6) is 11.5 Å². The Kier molecular flexibility index (Phi) is 5.89. The predicted octanol–water partition coefficient (Wildman–Crippen LogP) is 2.78. The van der Waals surface area contributed by atoms with Crippen molar-refractivity contribution in [2.24, 2.45) is 0 Å². The second-order valence-corrected chi connectivity index (χ2v) is 5.26. The quantitative estimate of drug-likeness (QED) is 0.568. The molecule has 0 aromatic heterocycles. The molecule has 2 aromatic carbocycles. The van der Waals surface area contributed by atoms with Crippen LogP contribution in [0.1, 0.15) is 5.56 Å². The smallest absolute Gasteiger partial charge is 0.311 e. The fourth-order valence-corrected chi connectivity index (χ4v) is 2.14. The van der Waals surface area contributed by atoms with Crippen LogP contribution in [0.25, 0.3) is 0 Å². The van der Waals surface area contributed by atoms with Crippen LogP contribution in [0.3, 0.4) is 0 Å². The summed E-state index contributed by atoms with van der Waals surface area (Å²) in [6, 6.07) is 10.1. The largest absolute Gasteiger partial charge is 0.497 e. The number of benzene rings is 2. The van der Waals surface area contributed by atoms with Gasteiger partial charge in [0, 0.05) is 25.7 Å². The summed E-state index contributed by atoms with van der Waals surface area (Å²) in [6.07, 6.45) is 0. The Labute approximate surface area is 143 Å². The number of nitro groups is 1. The van der Waals surface area contributed by atoms with Gasteiger partial charge in [-0.1, -0.05) is 12.1 Å². The standard InChI is InChI=1S/C17H17FN2O5/c1-19(10-12-4-3-5-14(8-12)24-2)17(21)11-25-16-9-13(18)6-7-15(16)20(22)23/h3-9H,10-11H2,1-2H3. The van der Waals surface area contributed by atoms with Crippen molar-refractivity contribution < 1.29 is 23.6 Å². The van der Waals surface area contributed by atoms with Gasteiger partial charge in [-0.05, 0) is 23.8 Å². The van der Waals surface area contributed by atoms with Crippen LogP contribution >= 0.6 is 0 Å². The number of carbonyl (C=O) groups excluding carboxylic acids is 1. The molecule has 1 amide bonds. The molecule has 25 heavy (non-hydrogen) atoms. The topological polar surface area (TPSA) is 81.9 Å². The van der Waals surface area contributed by atoms with Crippen molar-refractivity contribution in [1.29, 1.82) is 0 Å². The normalized spacial score (nSPS) is 10.2. The number of hydrogen-bond donors (Lipinski definition) is 0. The molecule has 0 saturated heterocycles. The minimum atomic E-state index is -0.695. The summed E-state index contributed by atoms with van der Waals surface area (Å²) < 4.78 is 23.5. The summed E-state index contributed by atoms with van der Waals surface area (Å²) in [5.74, 6) is -0.697. The summed E-state index contributed by atoms with van der Waals surface area (Å²) in [7, 11) is 3.12. The third kappa shape index (κ3) is 4.90. The fraction of sp³-hybridized carbons (Fsp3) is 0.235. The maximum Gasteiger partial charge on any atom is 0.311 e. The average molecular weight is 348 g/mol. The molecule has 2 rings (SSSR count). The molecule has 0 atom stereocenters. The number of amides is 1. The Balaban J connectivity index is 2.00. The molecule has 0 fully saturated rings. The van der Waals surface area contributed by atoms with Gasteiger partial charge in [0.05, 0.1) is 12.0 Å². The first-order valence-corrected chi connectivity index (χ1v) is 7.34. The molecule has 0 aliphatic heterocycles. The van der Waals surface area contributed by atoms with Gasteiger partial charge in [-0.3, -0.25) is 14.9 Å². The van der Waals surface area contributed by atoms with Crippen LogP contribution in [0.2, 0.25) is 0 Å². The second-order valence-electron chi connectivity index (χ2n) is 5.26. The van der Waals surface area contributed by atoms with Crippen molar-refractivity contribution in [1.82, 2.24) is 4.90 Å². The zero-order valence-electron chi connectivity index (χ0n) is 13.8. The highest BCUT2D eigenvalue weighted by Gasteiger charge is 2.18. The number of rotatable bonds is 7. The van der Waals surface area contributed by atoms with E-state index in [1.54, 1.807) is 32.4 Å². The minimum Gasteiger partial charge on any atom is -0.497 e. The van der Waals surface area contributed by atoms with E-state index in [0.717, 1.165) is 23.8 Å². The number of hydrogen-bond acceptors (Lipinski definition) is 5. The molecule has 8 heteroatoms. The van der Waals surface area contributed by atoms with E-state index in [0.29, 0.717) is 12.3 Å². The first-order chi connectivity index (χ1) is 11.9. The van der Waals surface area contributed by atoms with E-state index in [2.05, 4.69) is 0 Å². The summed E-state index contributed by atoms with van der Waals surface area (Å²) in [4.78, 5) is 23.8. The number of halogens is 1. The summed E-state index contributed by atoms with van der Waals surface area (Å²) >= 11 is 0. The molecule has 0 heterocycles. The van der Waals surface area contributed by atoms with Crippen LogP contribution in [0, 0.1) is 15.9 Å². The molecule has 0 aliphatic carbocycles. The maximum absolute atomic E-state index is 13.2. The van der Waals surface area contributed by atoms with Crippen molar-refractivity contribution in [3.63, 3.8) is 0 Å². The Bertz CT molecular complexity index is 781. The van der Waals surface area contributed by atoms with Gasteiger partial charge >= 0.3 is 5.69 Å². The van der Waals surface area contributed by atoms with Crippen LogP contribution in [0.15, 0.2) is 42.5 Å².